The lowest BCUT2D eigenvalue weighted by atomic mass is 9.74. The summed E-state index contributed by atoms with van der Waals surface area (Å²) in [6.07, 6.45) is 4.00. The fraction of sp³-hybridized carbons (Fsp3) is 0.500. The van der Waals surface area contributed by atoms with E-state index in [0.717, 1.165) is 19.3 Å². The highest BCUT2D eigenvalue weighted by Gasteiger charge is 2.37. The number of benzene rings is 1. The van der Waals surface area contributed by atoms with Gasteiger partial charge in [-0.2, -0.15) is 0 Å². The van der Waals surface area contributed by atoms with Crippen LogP contribution in [0.2, 0.25) is 0 Å². The smallest absolute Gasteiger partial charge is 0.222 e. The second-order valence-electron chi connectivity index (χ2n) is 4.95. The fourth-order valence-electron chi connectivity index (χ4n) is 3.29. The average molecular weight is 215 g/mol. The molecule has 16 heavy (non-hydrogen) atoms. The van der Waals surface area contributed by atoms with Crippen LogP contribution < -0.4 is 0 Å². The van der Waals surface area contributed by atoms with E-state index in [9.17, 15) is 4.79 Å². The van der Waals surface area contributed by atoms with Crippen molar-refractivity contribution < 1.29 is 4.79 Å². The monoisotopic (exact) mass is 215 g/mol. The van der Waals surface area contributed by atoms with Gasteiger partial charge in [-0.05, 0) is 30.4 Å². The number of nitrogens with zero attached hydrogens (tertiary/aromatic N) is 1. The third-order valence-electron chi connectivity index (χ3n) is 4.19. The quantitative estimate of drug-likeness (QED) is 0.650. The number of likely N-dealkylation sites (N-methyl/N-ethyl adjacent to an activating group) is 1. The molecule has 1 aliphatic carbocycles. The van der Waals surface area contributed by atoms with Crippen molar-refractivity contribution in [2.45, 2.75) is 37.6 Å². The van der Waals surface area contributed by atoms with Crippen molar-refractivity contribution in [3.63, 3.8) is 0 Å². The summed E-state index contributed by atoms with van der Waals surface area (Å²) in [6, 6.07) is 9.17. The molecule has 0 radical (unpaired) electrons. The van der Waals surface area contributed by atoms with Gasteiger partial charge < -0.3 is 4.90 Å². The number of aryl methyl sites for hydroxylation is 1. The molecule has 1 aliphatic heterocycles. The predicted octanol–water partition coefficient (Wildman–Crippen LogP) is 2.34. The van der Waals surface area contributed by atoms with E-state index in [4.69, 9.17) is 0 Å². The van der Waals surface area contributed by atoms with Gasteiger partial charge in [-0.15, -0.1) is 0 Å². The van der Waals surface area contributed by atoms with E-state index in [1.807, 2.05) is 11.9 Å². The highest BCUT2D eigenvalue weighted by atomic mass is 16.2. The highest BCUT2D eigenvalue weighted by molar-refractivity contribution is 5.77. The number of rotatable bonds is 0. The SMILES string of the molecule is CN1C(=O)CC[C@@H]2c3ccccc3CC[C@@H]21. The summed E-state index contributed by atoms with van der Waals surface area (Å²) in [6.45, 7) is 0. The summed E-state index contributed by atoms with van der Waals surface area (Å²) in [7, 11) is 1.97. The zero-order chi connectivity index (χ0) is 11.1. The number of hydrogen-bond donors (Lipinski definition) is 0. The van der Waals surface area contributed by atoms with Gasteiger partial charge in [-0.25, -0.2) is 0 Å². The molecule has 0 spiro atoms. The van der Waals surface area contributed by atoms with Crippen molar-refractivity contribution in [3.8, 4) is 0 Å². The number of likely N-dealkylation sites (tertiary alicyclic amines) is 1. The Balaban J connectivity index is 1.99. The average Bonchev–Trinajstić information content (AvgIpc) is 2.33. The van der Waals surface area contributed by atoms with E-state index >= 15 is 0 Å². The third-order valence-corrected chi connectivity index (χ3v) is 4.19. The van der Waals surface area contributed by atoms with Gasteiger partial charge in [0.05, 0.1) is 0 Å². The third kappa shape index (κ3) is 1.36. The molecule has 0 bridgehead atoms. The Morgan fingerprint density at radius 3 is 2.88 bits per heavy atom. The number of piperidine rings is 1. The Hall–Kier alpha value is -1.31. The summed E-state index contributed by atoms with van der Waals surface area (Å²) in [5.41, 5.74) is 2.98. The van der Waals surface area contributed by atoms with Gasteiger partial charge in [-0.1, -0.05) is 24.3 Å². The molecule has 2 nitrogen and oxygen atoms in total. The summed E-state index contributed by atoms with van der Waals surface area (Å²) in [5.74, 6) is 0.897. The summed E-state index contributed by atoms with van der Waals surface area (Å²) < 4.78 is 0. The van der Waals surface area contributed by atoms with Crippen molar-refractivity contribution in [2.24, 2.45) is 0 Å². The summed E-state index contributed by atoms with van der Waals surface area (Å²) in [5, 5.41) is 0. The second kappa shape index (κ2) is 3.62. The molecular weight excluding hydrogens is 198 g/mol. The zero-order valence-corrected chi connectivity index (χ0v) is 9.65. The highest BCUT2D eigenvalue weighted by Crippen LogP contribution is 2.40. The van der Waals surface area contributed by atoms with Crippen LogP contribution in [0.3, 0.4) is 0 Å². The van der Waals surface area contributed by atoms with Crippen molar-refractivity contribution in [3.05, 3.63) is 35.4 Å². The fourth-order valence-corrected chi connectivity index (χ4v) is 3.29. The number of amides is 1. The van der Waals surface area contributed by atoms with Crippen LogP contribution in [0.1, 0.15) is 36.3 Å². The topological polar surface area (TPSA) is 20.3 Å². The van der Waals surface area contributed by atoms with Crippen molar-refractivity contribution in [1.82, 2.24) is 4.90 Å². The molecule has 3 rings (SSSR count). The number of hydrogen-bond acceptors (Lipinski definition) is 1. The second-order valence-corrected chi connectivity index (χ2v) is 4.95. The molecule has 1 fully saturated rings. The molecule has 1 saturated heterocycles. The molecule has 0 aromatic heterocycles. The van der Waals surface area contributed by atoms with Gasteiger partial charge >= 0.3 is 0 Å². The lowest BCUT2D eigenvalue weighted by molar-refractivity contribution is -0.135. The molecule has 2 atom stereocenters. The minimum Gasteiger partial charge on any atom is -0.342 e. The molecule has 1 amide bonds. The minimum atomic E-state index is 0.320. The molecule has 0 N–H and O–H groups in total. The first-order chi connectivity index (χ1) is 7.77. The largest absolute Gasteiger partial charge is 0.342 e. The van der Waals surface area contributed by atoms with Crippen LogP contribution in [0.15, 0.2) is 24.3 Å². The molecule has 1 heterocycles. The van der Waals surface area contributed by atoms with Crippen molar-refractivity contribution >= 4 is 5.91 Å². The van der Waals surface area contributed by atoms with E-state index in [0.29, 0.717) is 24.3 Å². The van der Waals surface area contributed by atoms with E-state index < -0.39 is 0 Å². The van der Waals surface area contributed by atoms with Crippen LogP contribution in [0, 0.1) is 0 Å². The first kappa shape index (κ1) is 9.88. The van der Waals surface area contributed by atoms with E-state index in [2.05, 4.69) is 24.3 Å². The van der Waals surface area contributed by atoms with E-state index in [1.54, 1.807) is 0 Å². The predicted molar refractivity (Wildman–Crippen MR) is 63.3 cm³/mol. The van der Waals surface area contributed by atoms with E-state index in [-0.39, 0.29) is 0 Å². The van der Waals surface area contributed by atoms with Gasteiger partial charge in [0, 0.05) is 25.4 Å². The normalized spacial score (nSPS) is 28.6. The van der Waals surface area contributed by atoms with Crippen molar-refractivity contribution in [2.75, 3.05) is 7.05 Å². The van der Waals surface area contributed by atoms with E-state index in [1.165, 1.54) is 11.1 Å². The number of carbonyl (C=O) groups excluding carboxylic acids is 1. The lowest BCUT2D eigenvalue weighted by Gasteiger charge is -2.43. The Bertz CT molecular complexity index is 426. The van der Waals surface area contributed by atoms with Crippen LogP contribution in [0.25, 0.3) is 0 Å². The van der Waals surface area contributed by atoms with Gasteiger partial charge in [0.25, 0.3) is 0 Å². The zero-order valence-electron chi connectivity index (χ0n) is 9.65. The Labute approximate surface area is 96.3 Å². The van der Waals surface area contributed by atoms with Crippen LogP contribution >= 0.6 is 0 Å². The maximum atomic E-state index is 11.7. The molecule has 1 aromatic carbocycles. The minimum absolute atomic E-state index is 0.320. The van der Waals surface area contributed by atoms with Crippen LogP contribution in [0.4, 0.5) is 0 Å². The Morgan fingerprint density at radius 2 is 2.00 bits per heavy atom. The number of fused-ring (bicyclic) bond motifs is 3. The molecule has 0 saturated carbocycles. The molecular formula is C14H17NO. The standard InChI is InChI=1S/C14H17NO/c1-15-13-8-6-10-4-2-3-5-11(10)12(13)7-9-14(15)16/h2-5,12-13H,6-9H2,1H3/t12-,13+/m1/s1. The number of carbonyl (C=O) groups is 1. The van der Waals surface area contributed by atoms with Crippen LogP contribution in [0.5, 0.6) is 0 Å². The first-order valence-electron chi connectivity index (χ1n) is 6.11. The maximum Gasteiger partial charge on any atom is 0.222 e. The molecule has 2 aliphatic rings. The first-order valence-corrected chi connectivity index (χ1v) is 6.11. The van der Waals surface area contributed by atoms with Crippen LogP contribution in [-0.2, 0) is 11.2 Å². The van der Waals surface area contributed by atoms with Gasteiger partial charge in [0.15, 0.2) is 0 Å². The summed E-state index contributed by atoms with van der Waals surface area (Å²) in [4.78, 5) is 13.7. The van der Waals surface area contributed by atoms with Gasteiger partial charge in [0.2, 0.25) is 5.91 Å². The van der Waals surface area contributed by atoms with Crippen LogP contribution in [-0.4, -0.2) is 23.9 Å². The Morgan fingerprint density at radius 1 is 1.19 bits per heavy atom. The molecule has 1 aromatic rings. The molecule has 84 valence electrons. The summed E-state index contributed by atoms with van der Waals surface area (Å²) >= 11 is 0. The molecule has 0 unspecified atom stereocenters. The Kier molecular flexibility index (Phi) is 2.23. The van der Waals surface area contributed by atoms with Gasteiger partial charge in [0.1, 0.15) is 0 Å². The van der Waals surface area contributed by atoms with Crippen molar-refractivity contribution in [1.29, 1.82) is 0 Å². The van der Waals surface area contributed by atoms with Gasteiger partial charge in [-0.3, -0.25) is 4.79 Å². The lowest BCUT2D eigenvalue weighted by Crippen LogP contribution is -2.47. The molecule has 2 heteroatoms. The maximum absolute atomic E-state index is 11.7.